The van der Waals surface area contributed by atoms with Gasteiger partial charge in [0.15, 0.2) is 6.10 Å². The molecule has 0 aromatic rings. The molecular weight excluding hydrogens is 534 g/mol. The van der Waals surface area contributed by atoms with Crippen LogP contribution in [-0.4, -0.2) is 64.8 Å². The average molecular weight is 592 g/mol. The fourth-order valence-corrected chi connectivity index (χ4v) is 11.7. The first kappa shape index (κ1) is 32.2. The topological polar surface area (TPSA) is 128 Å². The van der Waals surface area contributed by atoms with E-state index in [4.69, 9.17) is 19.9 Å². The minimum Gasteiger partial charge on any atom is -0.461 e. The monoisotopic (exact) mass is 591 g/mol. The van der Waals surface area contributed by atoms with Crippen LogP contribution in [0.25, 0.3) is 0 Å². The summed E-state index contributed by atoms with van der Waals surface area (Å²) in [5.41, 5.74) is 3.94. The molecule has 0 amide bonds. The Kier molecular flexibility index (Phi) is 8.20. The Morgan fingerprint density at radius 3 is 2.40 bits per heavy atom. The Morgan fingerprint density at radius 1 is 1.10 bits per heavy atom. The van der Waals surface area contributed by atoms with Crippen molar-refractivity contribution in [2.24, 2.45) is 51.1 Å². The van der Waals surface area contributed by atoms with Gasteiger partial charge >= 0.3 is 11.9 Å². The number of fused-ring (bicyclic) bond motifs is 5. The highest BCUT2D eigenvalue weighted by Gasteiger charge is 2.72. The minimum atomic E-state index is -1.27. The molecule has 42 heavy (non-hydrogen) atoms. The van der Waals surface area contributed by atoms with Crippen molar-refractivity contribution in [1.29, 1.82) is 0 Å². The van der Waals surface area contributed by atoms with Gasteiger partial charge in [-0.15, -0.1) is 0 Å². The molecule has 240 valence electrons. The van der Waals surface area contributed by atoms with Crippen molar-refractivity contribution in [2.75, 3.05) is 6.54 Å². The first-order chi connectivity index (χ1) is 19.4. The lowest BCUT2D eigenvalue weighted by Gasteiger charge is -2.64. The fourth-order valence-electron chi connectivity index (χ4n) is 11.7. The lowest BCUT2D eigenvalue weighted by atomic mass is 9.41. The van der Waals surface area contributed by atoms with E-state index in [0.717, 1.165) is 44.9 Å². The molecule has 1 spiro atoms. The SMILES string of the molecule is CC(=O)OC(C1CC(C)C2C(O1)C(O)C1(C)C3CCC4C(CCCC21C)(CCC(OC(=O)CN)C4(C)C)C3)C(C)(C)O. The molecule has 12 unspecified atom stereocenters. The summed E-state index contributed by atoms with van der Waals surface area (Å²) in [5, 5.41) is 23.3. The Balaban J connectivity index is 1.45. The molecule has 0 aromatic carbocycles. The number of aliphatic hydroxyl groups is 2. The Labute approximate surface area is 252 Å². The molecule has 4 saturated carbocycles. The molecule has 1 aliphatic heterocycles. The third-order valence-electron chi connectivity index (χ3n) is 13.6. The van der Waals surface area contributed by atoms with Gasteiger partial charge in [0.2, 0.25) is 0 Å². The van der Waals surface area contributed by atoms with E-state index in [1.165, 1.54) is 13.3 Å². The van der Waals surface area contributed by atoms with E-state index >= 15 is 0 Å². The summed E-state index contributed by atoms with van der Waals surface area (Å²) in [7, 11) is 0. The number of aliphatic hydroxyl groups excluding tert-OH is 1. The van der Waals surface area contributed by atoms with Crippen LogP contribution < -0.4 is 5.73 Å². The van der Waals surface area contributed by atoms with Crippen LogP contribution in [0.15, 0.2) is 0 Å². The molecule has 5 aliphatic rings. The predicted octanol–water partition coefficient (Wildman–Crippen LogP) is 4.76. The van der Waals surface area contributed by atoms with Gasteiger partial charge in [-0.3, -0.25) is 9.59 Å². The van der Waals surface area contributed by atoms with E-state index in [2.05, 4.69) is 34.6 Å². The molecule has 0 radical (unpaired) electrons. The Hall–Kier alpha value is -1.22. The highest BCUT2D eigenvalue weighted by atomic mass is 16.6. The van der Waals surface area contributed by atoms with E-state index in [1.807, 2.05) is 0 Å². The second-order valence-electron chi connectivity index (χ2n) is 16.5. The predicted molar refractivity (Wildman–Crippen MR) is 159 cm³/mol. The quantitative estimate of drug-likeness (QED) is 0.391. The highest BCUT2D eigenvalue weighted by Crippen LogP contribution is 2.73. The summed E-state index contributed by atoms with van der Waals surface area (Å²) < 4.78 is 18.3. The standard InChI is InChI=1S/C34H57NO7/c1-19-16-22(29(31(5,6)39)40-20(2)36)41-27-26(19)32(7)13-9-14-34-15-12-24(42-25(37)18-35)30(3,4)23(34)11-10-21(17-34)33(32,8)28(27)38/h19,21-24,26-29,38-39H,9-18,35H2,1-8H3. The van der Waals surface area contributed by atoms with Gasteiger partial charge in [-0.2, -0.15) is 0 Å². The van der Waals surface area contributed by atoms with Crippen molar-refractivity contribution < 1.29 is 34.0 Å². The summed E-state index contributed by atoms with van der Waals surface area (Å²) in [5.74, 6) is 0.477. The number of hydrogen-bond donors (Lipinski definition) is 3. The Bertz CT molecular complexity index is 1050. The van der Waals surface area contributed by atoms with Crippen molar-refractivity contribution in [3.8, 4) is 0 Å². The molecular formula is C34H57NO7. The molecule has 5 rings (SSSR count). The molecule has 0 aromatic heterocycles. The van der Waals surface area contributed by atoms with Gasteiger partial charge in [0, 0.05) is 17.8 Å². The van der Waals surface area contributed by atoms with Gasteiger partial charge in [-0.25, -0.2) is 0 Å². The van der Waals surface area contributed by atoms with Crippen molar-refractivity contribution >= 4 is 11.9 Å². The van der Waals surface area contributed by atoms with E-state index in [9.17, 15) is 19.8 Å². The lowest BCUT2D eigenvalue weighted by molar-refractivity contribution is -0.216. The number of carbonyl (C=O) groups is 2. The molecule has 4 N–H and O–H groups in total. The second kappa shape index (κ2) is 10.7. The normalized spacial score (nSPS) is 47.1. The van der Waals surface area contributed by atoms with Crippen LogP contribution in [0.5, 0.6) is 0 Å². The maximum absolute atomic E-state index is 12.4. The first-order valence-corrected chi connectivity index (χ1v) is 16.5. The molecule has 12 atom stereocenters. The average Bonchev–Trinajstić information content (AvgIpc) is 3.06. The summed E-state index contributed by atoms with van der Waals surface area (Å²) in [4.78, 5) is 24.2. The zero-order valence-corrected chi connectivity index (χ0v) is 27.3. The number of hydrogen-bond acceptors (Lipinski definition) is 8. The Morgan fingerprint density at radius 2 is 1.79 bits per heavy atom. The maximum Gasteiger partial charge on any atom is 0.319 e. The van der Waals surface area contributed by atoms with E-state index in [1.54, 1.807) is 13.8 Å². The molecule has 5 fully saturated rings. The van der Waals surface area contributed by atoms with Crippen LogP contribution in [0, 0.1) is 45.3 Å². The van der Waals surface area contributed by atoms with E-state index in [0.29, 0.717) is 18.3 Å². The highest BCUT2D eigenvalue weighted by molar-refractivity contribution is 5.71. The third kappa shape index (κ3) is 4.76. The molecule has 2 bridgehead atoms. The van der Waals surface area contributed by atoms with E-state index in [-0.39, 0.29) is 58.2 Å². The lowest BCUT2D eigenvalue weighted by Crippen LogP contribution is -2.59. The number of ether oxygens (including phenoxy) is 3. The van der Waals surface area contributed by atoms with Crippen molar-refractivity contribution in [3.05, 3.63) is 0 Å². The van der Waals surface area contributed by atoms with Crippen LogP contribution >= 0.6 is 0 Å². The fraction of sp³-hybridized carbons (Fsp3) is 0.941. The third-order valence-corrected chi connectivity index (χ3v) is 13.6. The molecule has 1 heterocycles. The summed E-state index contributed by atoms with van der Waals surface area (Å²) in [6.07, 6.45) is 6.65. The largest absolute Gasteiger partial charge is 0.461 e. The van der Waals surface area contributed by atoms with Crippen LogP contribution in [0.1, 0.15) is 113 Å². The number of nitrogens with two attached hydrogens (primary N) is 1. The van der Waals surface area contributed by atoms with Crippen LogP contribution in [0.4, 0.5) is 0 Å². The second-order valence-corrected chi connectivity index (χ2v) is 16.5. The minimum absolute atomic E-state index is 0.0829. The van der Waals surface area contributed by atoms with Gasteiger partial charge in [-0.05, 0) is 99.7 Å². The molecule has 1 saturated heterocycles. The van der Waals surface area contributed by atoms with Gasteiger partial charge in [0.1, 0.15) is 6.10 Å². The molecule has 8 heteroatoms. The van der Waals surface area contributed by atoms with Crippen molar-refractivity contribution in [2.45, 2.75) is 149 Å². The van der Waals surface area contributed by atoms with Gasteiger partial charge in [-0.1, -0.05) is 41.0 Å². The van der Waals surface area contributed by atoms with Crippen molar-refractivity contribution in [1.82, 2.24) is 0 Å². The number of carbonyl (C=O) groups excluding carboxylic acids is 2. The summed E-state index contributed by atoms with van der Waals surface area (Å²) in [6.45, 7) is 16.2. The zero-order chi connectivity index (χ0) is 31.0. The summed E-state index contributed by atoms with van der Waals surface area (Å²) >= 11 is 0. The van der Waals surface area contributed by atoms with Crippen LogP contribution in [0.2, 0.25) is 0 Å². The van der Waals surface area contributed by atoms with Crippen molar-refractivity contribution in [3.63, 3.8) is 0 Å². The van der Waals surface area contributed by atoms with E-state index < -0.39 is 29.9 Å². The molecule has 8 nitrogen and oxygen atoms in total. The van der Waals surface area contributed by atoms with Crippen LogP contribution in [0.3, 0.4) is 0 Å². The summed E-state index contributed by atoms with van der Waals surface area (Å²) in [6, 6.07) is 0. The van der Waals surface area contributed by atoms with Crippen LogP contribution in [-0.2, 0) is 23.8 Å². The zero-order valence-electron chi connectivity index (χ0n) is 27.3. The number of rotatable bonds is 5. The van der Waals surface area contributed by atoms with Gasteiger partial charge in [0.25, 0.3) is 0 Å². The first-order valence-electron chi connectivity index (χ1n) is 16.5. The molecule has 4 aliphatic carbocycles. The number of esters is 2. The van der Waals surface area contributed by atoms with Gasteiger partial charge < -0.3 is 30.2 Å². The smallest absolute Gasteiger partial charge is 0.319 e. The maximum atomic E-state index is 12.4. The van der Waals surface area contributed by atoms with Gasteiger partial charge in [0.05, 0.1) is 30.5 Å².